The fourth-order valence-electron chi connectivity index (χ4n) is 3.32. The zero-order valence-electron chi connectivity index (χ0n) is 16.2. The van der Waals surface area contributed by atoms with Crippen LogP contribution in [-0.4, -0.2) is 42.2 Å². The highest BCUT2D eigenvalue weighted by atomic mass is 35.7. The van der Waals surface area contributed by atoms with E-state index in [0.717, 1.165) is 0 Å². The maximum atomic E-state index is 13.5. The van der Waals surface area contributed by atoms with Gasteiger partial charge in [-0.15, -0.1) is 0 Å². The van der Waals surface area contributed by atoms with Gasteiger partial charge in [-0.25, -0.2) is 13.4 Å². The number of piperidine rings is 1. The smallest absolute Gasteiger partial charge is 0.388 e. The summed E-state index contributed by atoms with van der Waals surface area (Å²) in [5.74, 6) is -0.412. The summed E-state index contributed by atoms with van der Waals surface area (Å²) in [7, 11) is 1.42. The van der Waals surface area contributed by atoms with Crippen LogP contribution in [0.4, 0.5) is 30.6 Å². The summed E-state index contributed by atoms with van der Waals surface area (Å²) in [6.07, 6.45) is -2.97. The molecule has 1 aliphatic rings. The number of hydrogen-bond acceptors (Lipinski definition) is 7. The van der Waals surface area contributed by atoms with Gasteiger partial charge in [0.15, 0.2) is 0 Å². The second-order valence-corrected chi connectivity index (χ2v) is 10.1. The molecule has 2 aromatic rings. The van der Waals surface area contributed by atoms with Crippen LogP contribution in [0, 0.1) is 6.92 Å². The molecule has 1 atom stereocenters. The molecule has 0 amide bonds. The Balaban J connectivity index is 1.97. The van der Waals surface area contributed by atoms with Crippen molar-refractivity contribution in [2.24, 2.45) is 0 Å². The maximum absolute atomic E-state index is 13.5. The average Bonchev–Trinajstić information content (AvgIpc) is 2.60. The minimum Gasteiger partial charge on any atom is -0.388 e. The number of aromatic nitrogens is 2. The van der Waals surface area contributed by atoms with Gasteiger partial charge in [-0.2, -0.15) is 18.2 Å². The third-order valence-electron chi connectivity index (χ3n) is 4.77. The number of alkyl halides is 3. The largest absolute Gasteiger partial charge is 0.421 e. The van der Waals surface area contributed by atoms with Gasteiger partial charge in [0.2, 0.25) is 5.95 Å². The van der Waals surface area contributed by atoms with E-state index < -0.39 is 26.4 Å². The SMILES string of the molecule is Cc1cc(S(=O)(=O)Cl)ccc1Nc1ncc(C(F)(F)F)c(N2CCC[C@](C)(O)C2)n1. The Hall–Kier alpha value is -2.11. The molecule has 2 N–H and O–H groups in total. The summed E-state index contributed by atoms with van der Waals surface area (Å²) in [5, 5.41) is 13.1. The first-order valence-corrected chi connectivity index (χ1v) is 11.3. The zero-order chi connectivity index (χ0) is 22.3. The molecule has 2 heterocycles. The Morgan fingerprint density at radius 1 is 1.33 bits per heavy atom. The lowest BCUT2D eigenvalue weighted by Gasteiger charge is -2.38. The molecule has 0 bridgehead atoms. The molecule has 0 spiro atoms. The number of benzene rings is 1. The first-order valence-electron chi connectivity index (χ1n) is 9.00. The van der Waals surface area contributed by atoms with Gasteiger partial charge in [-0.3, -0.25) is 0 Å². The fraction of sp³-hybridized carbons (Fsp3) is 0.444. The minimum absolute atomic E-state index is 0.00778. The van der Waals surface area contributed by atoms with E-state index in [0.29, 0.717) is 36.8 Å². The van der Waals surface area contributed by atoms with E-state index in [2.05, 4.69) is 15.3 Å². The van der Waals surface area contributed by atoms with Crippen molar-refractivity contribution in [1.29, 1.82) is 0 Å². The predicted octanol–water partition coefficient (Wildman–Crippen LogP) is 3.83. The van der Waals surface area contributed by atoms with Crippen molar-refractivity contribution in [3.8, 4) is 0 Å². The maximum Gasteiger partial charge on any atom is 0.421 e. The molecule has 30 heavy (non-hydrogen) atoms. The standard InChI is InChI=1S/C18H20ClF3N4O3S/c1-11-8-12(30(19,28)29)4-5-14(11)24-16-23-9-13(18(20,21)22)15(25-16)26-7-3-6-17(2,27)10-26/h4-5,8-9,27H,3,6-7,10H2,1-2H3,(H,23,24,25)/t17-/m0/s1. The average molecular weight is 465 g/mol. The number of nitrogens with zero attached hydrogens (tertiary/aromatic N) is 3. The van der Waals surface area contributed by atoms with Gasteiger partial charge in [0.1, 0.15) is 11.4 Å². The van der Waals surface area contributed by atoms with Gasteiger partial charge in [0.05, 0.1) is 10.5 Å². The molecule has 1 saturated heterocycles. The summed E-state index contributed by atoms with van der Waals surface area (Å²) in [6.45, 7) is 3.51. The quantitative estimate of drug-likeness (QED) is 0.664. The number of hydrogen-bond donors (Lipinski definition) is 2. The molecular formula is C18H20ClF3N4O3S. The number of aliphatic hydroxyl groups is 1. The van der Waals surface area contributed by atoms with Crippen LogP contribution in [0.1, 0.15) is 30.9 Å². The van der Waals surface area contributed by atoms with Gasteiger partial charge < -0.3 is 15.3 Å². The summed E-state index contributed by atoms with van der Waals surface area (Å²) in [6, 6.07) is 4.03. The second-order valence-electron chi connectivity index (χ2n) is 7.49. The third kappa shape index (κ3) is 5.13. The lowest BCUT2D eigenvalue weighted by atomic mass is 9.95. The zero-order valence-corrected chi connectivity index (χ0v) is 17.7. The number of rotatable bonds is 4. The van der Waals surface area contributed by atoms with Gasteiger partial charge in [0, 0.05) is 35.7 Å². The molecule has 3 rings (SSSR count). The van der Waals surface area contributed by atoms with Crippen molar-refractivity contribution in [2.75, 3.05) is 23.3 Å². The fourth-order valence-corrected chi connectivity index (χ4v) is 4.16. The molecule has 1 fully saturated rings. The van der Waals surface area contributed by atoms with Gasteiger partial charge >= 0.3 is 6.18 Å². The molecular weight excluding hydrogens is 445 g/mol. The Labute approximate surface area is 176 Å². The lowest BCUT2D eigenvalue weighted by Crippen LogP contribution is -2.47. The van der Waals surface area contributed by atoms with Crippen molar-refractivity contribution < 1.29 is 26.7 Å². The summed E-state index contributed by atoms with van der Waals surface area (Å²) >= 11 is 0. The second kappa shape index (κ2) is 7.86. The Bertz CT molecular complexity index is 1060. The molecule has 164 valence electrons. The molecule has 12 heteroatoms. The first kappa shape index (κ1) is 22.6. The van der Waals surface area contributed by atoms with Crippen LogP contribution in [-0.2, 0) is 15.2 Å². The molecule has 0 radical (unpaired) electrons. The highest BCUT2D eigenvalue weighted by Crippen LogP contribution is 2.37. The van der Waals surface area contributed by atoms with E-state index in [1.54, 1.807) is 13.8 Å². The topological polar surface area (TPSA) is 95.4 Å². The summed E-state index contributed by atoms with van der Waals surface area (Å²) in [5.41, 5.74) is -1.22. The van der Waals surface area contributed by atoms with Crippen LogP contribution < -0.4 is 10.2 Å². The van der Waals surface area contributed by atoms with E-state index in [1.807, 2.05) is 0 Å². The van der Waals surface area contributed by atoms with Crippen molar-refractivity contribution in [3.63, 3.8) is 0 Å². The minimum atomic E-state index is -4.66. The van der Waals surface area contributed by atoms with E-state index in [4.69, 9.17) is 10.7 Å². The van der Waals surface area contributed by atoms with Gasteiger partial charge in [0.25, 0.3) is 9.05 Å². The van der Waals surface area contributed by atoms with Crippen LogP contribution in [0.15, 0.2) is 29.3 Å². The normalized spacial score (nSPS) is 20.3. The highest BCUT2D eigenvalue weighted by molar-refractivity contribution is 8.13. The molecule has 7 nitrogen and oxygen atoms in total. The predicted molar refractivity (Wildman–Crippen MR) is 107 cm³/mol. The number of nitrogens with one attached hydrogen (secondary N) is 1. The number of halogens is 4. The van der Waals surface area contributed by atoms with Crippen molar-refractivity contribution in [3.05, 3.63) is 35.5 Å². The monoisotopic (exact) mass is 464 g/mol. The van der Waals surface area contributed by atoms with E-state index in [-0.39, 0.29) is 23.2 Å². The van der Waals surface area contributed by atoms with E-state index in [9.17, 15) is 26.7 Å². The number of aryl methyl sites for hydroxylation is 1. The highest BCUT2D eigenvalue weighted by Gasteiger charge is 2.39. The Kier molecular flexibility index (Phi) is 5.91. The van der Waals surface area contributed by atoms with Gasteiger partial charge in [-0.1, -0.05) is 0 Å². The van der Waals surface area contributed by atoms with Crippen molar-refractivity contribution in [2.45, 2.75) is 43.4 Å². The van der Waals surface area contributed by atoms with E-state index >= 15 is 0 Å². The molecule has 1 aliphatic heterocycles. The molecule has 0 saturated carbocycles. The van der Waals surface area contributed by atoms with Crippen LogP contribution in [0.5, 0.6) is 0 Å². The molecule has 0 unspecified atom stereocenters. The Morgan fingerprint density at radius 2 is 2.03 bits per heavy atom. The Morgan fingerprint density at radius 3 is 2.60 bits per heavy atom. The molecule has 1 aromatic carbocycles. The van der Waals surface area contributed by atoms with Crippen molar-refractivity contribution >= 4 is 37.2 Å². The van der Waals surface area contributed by atoms with Crippen LogP contribution in [0.25, 0.3) is 0 Å². The molecule has 1 aromatic heterocycles. The number of β-amino-alcohol motifs (C(OH)–C–C–N with tert-alkyl or cyclic N) is 1. The number of anilines is 3. The van der Waals surface area contributed by atoms with Gasteiger partial charge in [-0.05, 0) is 50.5 Å². The summed E-state index contributed by atoms with van der Waals surface area (Å²) < 4.78 is 63.4. The lowest BCUT2D eigenvalue weighted by molar-refractivity contribution is -0.137. The summed E-state index contributed by atoms with van der Waals surface area (Å²) in [4.78, 5) is 9.13. The van der Waals surface area contributed by atoms with Crippen LogP contribution in [0.3, 0.4) is 0 Å². The van der Waals surface area contributed by atoms with Crippen LogP contribution >= 0.6 is 10.7 Å². The third-order valence-corrected chi connectivity index (χ3v) is 6.13. The molecule has 0 aliphatic carbocycles. The van der Waals surface area contributed by atoms with Crippen LogP contribution in [0.2, 0.25) is 0 Å². The van der Waals surface area contributed by atoms with E-state index in [1.165, 1.54) is 23.1 Å². The van der Waals surface area contributed by atoms with Crippen molar-refractivity contribution in [1.82, 2.24) is 9.97 Å². The first-order chi connectivity index (χ1) is 13.8.